The Kier molecular flexibility index (Phi) is 32.9. The van der Waals surface area contributed by atoms with Crippen molar-refractivity contribution in [2.75, 3.05) is 0 Å². The number of hydrogen-bond donors (Lipinski definition) is 0. The summed E-state index contributed by atoms with van der Waals surface area (Å²) in [6.45, 7) is 32.5. The lowest BCUT2D eigenvalue weighted by molar-refractivity contribution is 0.736. The molecule has 0 amide bonds. The van der Waals surface area contributed by atoms with Gasteiger partial charge >= 0.3 is 0 Å². The van der Waals surface area contributed by atoms with Crippen LogP contribution in [-0.2, 0) is 0 Å². The van der Waals surface area contributed by atoms with Gasteiger partial charge < -0.3 is 0 Å². The smallest absolute Gasteiger partial charge is 0.116 e. The highest BCUT2D eigenvalue weighted by atomic mass is 15.1. The first kappa shape index (κ1) is 60.9. The molecule has 370 valence electrons. The van der Waals surface area contributed by atoms with E-state index in [4.69, 9.17) is 0 Å². The molecule has 70 heavy (non-hydrogen) atoms. The fourth-order valence-electron chi connectivity index (χ4n) is 4.73. The molecule has 0 aliphatic carbocycles. The normalized spacial score (nSPS) is 9.71. The Balaban J connectivity index is 0.000000400. The van der Waals surface area contributed by atoms with E-state index in [-0.39, 0.29) is 0 Å². The van der Waals surface area contributed by atoms with Crippen LogP contribution in [-0.4, -0.2) is 45.3 Å². The average Bonchev–Trinajstić information content (AvgIpc) is 3.34. The lowest BCUT2D eigenvalue weighted by Crippen LogP contribution is -1.79. The molecule has 0 aliphatic rings. The van der Waals surface area contributed by atoms with Crippen LogP contribution >= 0.6 is 0 Å². The summed E-state index contributed by atoms with van der Waals surface area (Å²) in [6, 6.07) is 43.8. The Hall–Kier alpha value is -7.13. The van der Waals surface area contributed by atoms with E-state index in [1.54, 1.807) is 37.3 Å². The summed E-state index contributed by atoms with van der Waals surface area (Å²) in [6.07, 6.45) is 15.7. The number of aromatic nitrogens is 9. The summed E-state index contributed by atoms with van der Waals surface area (Å²) in [7, 11) is 0. The maximum Gasteiger partial charge on any atom is 0.116 e. The third-order valence-electron chi connectivity index (χ3n) is 7.22. The van der Waals surface area contributed by atoms with E-state index in [0.29, 0.717) is 0 Å². The maximum atomic E-state index is 4.12. The molecular formula is C61H81N9. The lowest BCUT2D eigenvalue weighted by atomic mass is 10.2. The minimum Gasteiger partial charge on any atom is -0.264 e. The Morgan fingerprint density at radius 3 is 1.03 bits per heavy atom. The average molecular weight is 940 g/mol. The van der Waals surface area contributed by atoms with Crippen LogP contribution in [0.3, 0.4) is 0 Å². The summed E-state index contributed by atoms with van der Waals surface area (Å²) >= 11 is 0. The number of rotatable bonds is 0. The Bertz CT molecular complexity index is 2020. The van der Waals surface area contributed by atoms with Crippen LogP contribution in [0.5, 0.6) is 0 Å². The zero-order chi connectivity index (χ0) is 51.9. The fourth-order valence-corrected chi connectivity index (χ4v) is 4.73. The van der Waals surface area contributed by atoms with Gasteiger partial charge in [0.25, 0.3) is 0 Å². The van der Waals surface area contributed by atoms with Crippen LogP contribution in [0.2, 0.25) is 0 Å². The first-order valence-corrected chi connectivity index (χ1v) is 24.4. The highest BCUT2D eigenvalue weighted by Crippen LogP contribution is 2.11. The van der Waals surface area contributed by atoms with E-state index >= 15 is 0 Å². The van der Waals surface area contributed by atoms with Gasteiger partial charge in [0, 0.05) is 52.5 Å². The van der Waals surface area contributed by atoms with Crippen LogP contribution in [0.25, 0.3) is 54.4 Å². The zero-order valence-electron chi connectivity index (χ0n) is 44.8. The van der Waals surface area contributed by atoms with E-state index < -0.39 is 0 Å². The van der Waals surface area contributed by atoms with Gasteiger partial charge in [0.2, 0.25) is 0 Å². The monoisotopic (exact) mass is 940 g/mol. The van der Waals surface area contributed by atoms with Gasteiger partial charge in [0.15, 0.2) is 0 Å². The second kappa shape index (κ2) is 37.8. The van der Waals surface area contributed by atoms with Gasteiger partial charge in [0.1, 0.15) is 6.33 Å². The van der Waals surface area contributed by atoms with Crippen LogP contribution in [0.15, 0.2) is 189 Å². The number of fused-ring (bicyclic) bond motifs is 5. The molecule has 0 N–H and O–H groups in total. The van der Waals surface area contributed by atoms with E-state index in [1.165, 1.54) is 10.8 Å². The summed E-state index contributed by atoms with van der Waals surface area (Å²) in [5.74, 6) is 4.17. The van der Waals surface area contributed by atoms with Crippen LogP contribution in [0.1, 0.15) is 104 Å². The molecule has 0 bridgehead atoms. The molecule has 9 heteroatoms. The summed E-state index contributed by atoms with van der Waals surface area (Å²) in [5.41, 5.74) is 3.84. The minimum absolute atomic E-state index is 0.833. The standard InChI is InChI=1S/C9H7N.4C8H6N2.5C4H10/c1-2-4-9-7-10-6-5-8(9)3-1;1-2-4-8-7(3-1)5-9-6-10-8;1-2-4-8-6-10-9-5-7(8)3-1;1-2-4-8-7(3-1)9-5-6-10-8;1-2-4-8-7(3-1)5-6-9-10-8;5*1-4(2)3/h1-7H;4*1-6H;5*4H,1-3H3. The second-order valence-corrected chi connectivity index (χ2v) is 19.2. The summed E-state index contributed by atoms with van der Waals surface area (Å²) in [5, 5.41) is 22.2. The molecule has 9 nitrogen and oxygen atoms in total. The molecule has 0 saturated heterocycles. The maximum absolute atomic E-state index is 4.12. The third kappa shape index (κ3) is 31.8. The highest BCUT2D eigenvalue weighted by Gasteiger charge is 1.91. The minimum atomic E-state index is 0.833. The Morgan fingerprint density at radius 1 is 0.257 bits per heavy atom. The van der Waals surface area contributed by atoms with Crippen LogP contribution < -0.4 is 0 Å². The van der Waals surface area contributed by atoms with E-state index in [9.17, 15) is 0 Å². The number of pyridine rings is 1. The predicted molar refractivity (Wildman–Crippen MR) is 302 cm³/mol. The quantitative estimate of drug-likeness (QED) is 0.146. The highest BCUT2D eigenvalue weighted by molar-refractivity contribution is 5.81. The molecule has 0 fully saturated rings. The molecular weight excluding hydrogens is 859 g/mol. The molecule has 0 unspecified atom stereocenters. The lowest BCUT2D eigenvalue weighted by Gasteiger charge is -1.91. The van der Waals surface area contributed by atoms with E-state index in [2.05, 4.69) is 161 Å². The van der Waals surface area contributed by atoms with Gasteiger partial charge in [-0.15, -0.1) is 0 Å². The predicted octanol–water partition coefficient (Wildman–Crippen LogP) is 17.1. The van der Waals surface area contributed by atoms with Crippen molar-refractivity contribution >= 4 is 54.4 Å². The number of benzene rings is 5. The molecule has 5 aromatic heterocycles. The van der Waals surface area contributed by atoms with E-state index in [0.717, 1.165) is 73.2 Å². The molecule has 0 spiro atoms. The van der Waals surface area contributed by atoms with Crippen molar-refractivity contribution in [3.63, 3.8) is 0 Å². The van der Waals surface area contributed by atoms with Crippen molar-refractivity contribution in [1.29, 1.82) is 0 Å². The molecule has 10 aromatic rings. The molecule has 5 heterocycles. The topological polar surface area (TPSA) is 116 Å². The van der Waals surface area contributed by atoms with Crippen molar-refractivity contribution in [2.45, 2.75) is 104 Å². The van der Waals surface area contributed by atoms with E-state index in [1.807, 2.05) is 140 Å². The Labute approximate surface area is 420 Å². The van der Waals surface area contributed by atoms with Gasteiger partial charge in [-0.3, -0.25) is 15.0 Å². The molecule has 0 radical (unpaired) electrons. The second-order valence-electron chi connectivity index (χ2n) is 19.2. The Morgan fingerprint density at radius 2 is 0.600 bits per heavy atom. The zero-order valence-corrected chi connectivity index (χ0v) is 44.8. The molecule has 0 aliphatic heterocycles. The summed E-state index contributed by atoms with van der Waals surface area (Å²) < 4.78 is 0. The van der Waals surface area contributed by atoms with Crippen molar-refractivity contribution in [2.24, 2.45) is 29.6 Å². The van der Waals surface area contributed by atoms with Gasteiger partial charge in [0.05, 0.1) is 40.7 Å². The van der Waals surface area contributed by atoms with Gasteiger partial charge in [-0.25, -0.2) is 9.97 Å². The van der Waals surface area contributed by atoms with Crippen molar-refractivity contribution < 1.29 is 0 Å². The molecule has 0 atom stereocenters. The molecule has 5 aromatic carbocycles. The van der Waals surface area contributed by atoms with Gasteiger partial charge in [-0.05, 0) is 76.8 Å². The largest absolute Gasteiger partial charge is 0.264 e. The molecule has 0 saturated carbocycles. The fraction of sp³-hybridized carbons (Fsp3) is 0.328. The SMILES string of the molecule is CC(C)C.CC(C)C.CC(C)C.CC(C)C.CC(C)C.c1ccc2cnccc2c1.c1ccc2cnncc2c1.c1ccc2nccnc2c1.c1ccc2ncncc2c1.c1ccc2nnccc2c1. The van der Waals surface area contributed by atoms with Crippen LogP contribution in [0, 0.1) is 29.6 Å². The first-order valence-electron chi connectivity index (χ1n) is 24.4. The van der Waals surface area contributed by atoms with Gasteiger partial charge in [-0.2, -0.15) is 20.4 Å². The molecule has 10 rings (SSSR count). The summed E-state index contributed by atoms with van der Waals surface area (Å²) in [4.78, 5) is 20.2. The number of para-hydroxylation sites is 3. The number of hydrogen-bond acceptors (Lipinski definition) is 9. The third-order valence-corrected chi connectivity index (χ3v) is 7.22. The van der Waals surface area contributed by atoms with Crippen molar-refractivity contribution in [3.05, 3.63) is 189 Å². The first-order chi connectivity index (χ1) is 33.5. The van der Waals surface area contributed by atoms with Crippen molar-refractivity contribution in [3.8, 4) is 0 Å². The number of nitrogens with zero attached hydrogens (tertiary/aromatic N) is 9. The van der Waals surface area contributed by atoms with Crippen molar-refractivity contribution in [1.82, 2.24) is 45.3 Å². The van der Waals surface area contributed by atoms with Gasteiger partial charge in [-0.1, -0.05) is 201 Å². The van der Waals surface area contributed by atoms with Crippen LogP contribution in [0.4, 0.5) is 0 Å².